The van der Waals surface area contributed by atoms with Crippen molar-refractivity contribution in [3.63, 3.8) is 0 Å². The van der Waals surface area contributed by atoms with Gasteiger partial charge in [-0.2, -0.15) is 4.98 Å². The Labute approximate surface area is 122 Å². The molecule has 0 aliphatic carbocycles. The van der Waals surface area contributed by atoms with Crippen LogP contribution in [0.15, 0.2) is 28.8 Å². The quantitative estimate of drug-likeness (QED) is 0.823. The van der Waals surface area contributed by atoms with Crippen LogP contribution in [-0.4, -0.2) is 35.1 Å². The van der Waals surface area contributed by atoms with E-state index in [-0.39, 0.29) is 12.7 Å². The lowest BCUT2D eigenvalue weighted by atomic mass is 10.2. The molecule has 2 aromatic rings. The van der Waals surface area contributed by atoms with Gasteiger partial charge in [0, 0.05) is 25.2 Å². The van der Waals surface area contributed by atoms with E-state index in [2.05, 4.69) is 10.1 Å². The van der Waals surface area contributed by atoms with Gasteiger partial charge in [-0.05, 0) is 37.1 Å². The first-order chi connectivity index (χ1) is 10.4. The van der Waals surface area contributed by atoms with Crippen molar-refractivity contribution in [3.8, 4) is 17.1 Å². The molecule has 112 valence electrons. The second-order valence-corrected chi connectivity index (χ2v) is 4.91. The van der Waals surface area contributed by atoms with Crippen molar-refractivity contribution in [2.75, 3.05) is 19.8 Å². The average molecular weight is 290 g/mol. The topological polar surface area (TPSA) is 77.6 Å². The van der Waals surface area contributed by atoms with Crippen LogP contribution in [0.5, 0.6) is 5.75 Å². The molecule has 1 aliphatic heterocycles. The molecule has 0 saturated carbocycles. The van der Waals surface area contributed by atoms with Gasteiger partial charge in [0.1, 0.15) is 11.9 Å². The minimum Gasteiger partial charge on any atom is -0.494 e. The molecule has 3 rings (SSSR count). The Morgan fingerprint density at radius 2 is 2.14 bits per heavy atom. The molecule has 0 bridgehead atoms. The van der Waals surface area contributed by atoms with E-state index in [0.717, 1.165) is 30.8 Å². The summed E-state index contributed by atoms with van der Waals surface area (Å²) >= 11 is 0. The standard InChI is InChI=1S/C15H18N2O4/c18-8-2-10-19-12-6-4-11(5-7-12)14-16-15(21-17-14)13-3-1-9-20-13/h4-7,13,18H,1-3,8-10H2. The lowest BCUT2D eigenvalue weighted by Crippen LogP contribution is -1.99. The summed E-state index contributed by atoms with van der Waals surface area (Å²) in [6.45, 7) is 1.39. The third-order valence-electron chi connectivity index (χ3n) is 3.33. The maximum atomic E-state index is 8.71. The number of ether oxygens (including phenoxy) is 2. The Kier molecular flexibility index (Phi) is 4.47. The third kappa shape index (κ3) is 3.40. The molecule has 1 N–H and O–H groups in total. The first kappa shape index (κ1) is 14.0. The van der Waals surface area contributed by atoms with Gasteiger partial charge in [-0.3, -0.25) is 0 Å². The van der Waals surface area contributed by atoms with Crippen LogP contribution in [0.4, 0.5) is 0 Å². The van der Waals surface area contributed by atoms with Crippen LogP contribution in [0, 0.1) is 0 Å². The van der Waals surface area contributed by atoms with Crippen LogP contribution in [0.2, 0.25) is 0 Å². The predicted molar refractivity (Wildman–Crippen MR) is 74.9 cm³/mol. The number of aliphatic hydroxyl groups is 1. The molecule has 1 saturated heterocycles. The van der Waals surface area contributed by atoms with E-state index >= 15 is 0 Å². The highest BCUT2D eigenvalue weighted by Crippen LogP contribution is 2.29. The van der Waals surface area contributed by atoms with Crippen LogP contribution < -0.4 is 4.74 Å². The second kappa shape index (κ2) is 6.69. The molecular weight excluding hydrogens is 272 g/mol. The molecule has 1 fully saturated rings. The maximum absolute atomic E-state index is 8.71. The van der Waals surface area contributed by atoms with Crippen molar-refractivity contribution in [1.82, 2.24) is 10.1 Å². The highest BCUT2D eigenvalue weighted by molar-refractivity contribution is 5.55. The fraction of sp³-hybridized carbons (Fsp3) is 0.467. The number of nitrogens with zero attached hydrogens (tertiary/aromatic N) is 2. The summed E-state index contributed by atoms with van der Waals surface area (Å²) in [5, 5.41) is 12.7. The molecule has 0 radical (unpaired) electrons. The number of aliphatic hydroxyl groups excluding tert-OH is 1. The van der Waals surface area contributed by atoms with Gasteiger partial charge in [-0.1, -0.05) is 5.16 Å². The minimum atomic E-state index is -0.0626. The summed E-state index contributed by atoms with van der Waals surface area (Å²) in [5.74, 6) is 1.86. The van der Waals surface area contributed by atoms with Gasteiger partial charge in [0.15, 0.2) is 0 Å². The van der Waals surface area contributed by atoms with Crippen molar-refractivity contribution in [1.29, 1.82) is 0 Å². The van der Waals surface area contributed by atoms with Crippen molar-refractivity contribution >= 4 is 0 Å². The van der Waals surface area contributed by atoms with E-state index in [9.17, 15) is 0 Å². The first-order valence-corrected chi connectivity index (χ1v) is 7.16. The second-order valence-electron chi connectivity index (χ2n) is 4.91. The van der Waals surface area contributed by atoms with E-state index in [1.54, 1.807) is 0 Å². The normalized spacial score (nSPS) is 18.0. The Balaban J connectivity index is 1.66. The fourth-order valence-electron chi connectivity index (χ4n) is 2.21. The third-order valence-corrected chi connectivity index (χ3v) is 3.33. The summed E-state index contributed by atoms with van der Waals surface area (Å²) in [7, 11) is 0. The lowest BCUT2D eigenvalue weighted by Gasteiger charge is -2.04. The molecule has 0 amide bonds. The zero-order valence-electron chi connectivity index (χ0n) is 11.7. The molecule has 1 aromatic heterocycles. The van der Waals surface area contributed by atoms with Gasteiger partial charge in [0.2, 0.25) is 5.82 Å². The van der Waals surface area contributed by atoms with Crippen molar-refractivity contribution in [3.05, 3.63) is 30.2 Å². The van der Waals surface area contributed by atoms with Crippen molar-refractivity contribution < 1.29 is 19.1 Å². The summed E-state index contributed by atoms with van der Waals surface area (Å²) in [4.78, 5) is 4.39. The SMILES string of the molecule is OCCCOc1ccc(-c2noc(C3CCCO3)n2)cc1. The molecule has 1 atom stereocenters. The number of rotatable bonds is 6. The Morgan fingerprint density at radius 1 is 1.29 bits per heavy atom. The van der Waals surface area contributed by atoms with Gasteiger partial charge in [-0.25, -0.2) is 0 Å². The van der Waals surface area contributed by atoms with Gasteiger partial charge in [-0.15, -0.1) is 0 Å². The van der Waals surface area contributed by atoms with Crippen LogP contribution in [0.1, 0.15) is 31.3 Å². The number of hydrogen-bond acceptors (Lipinski definition) is 6. The van der Waals surface area contributed by atoms with E-state index in [4.69, 9.17) is 19.1 Å². The number of hydrogen-bond donors (Lipinski definition) is 1. The van der Waals surface area contributed by atoms with Crippen molar-refractivity contribution in [2.45, 2.75) is 25.4 Å². The summed E-state index contributed by atoms with van der Waals surface area (Å²) in [6, 6.07) is 7.49. The number of aromatic nitrogens is 2. The monoisotopic (exact) mass is 290 g/mol. The largest absolute Gasteiger partial charge is 0.494 e. The Hall–Kier alpha value is -1.92. The summed E-state index contributed by atoms with van der Waals surface area (Å²) < 4.78 is 16.3. The fourth-order valence-corrected chi connectivity index (χ4v) is 2.21. The van der Waals surface area contributed by atoms with Gasteiger partial charge in [0.25, 0.3) is 5.89 Å². The smallest absolute Gasteiger partial charge is 0.256 e. The van der Waals surface area contributed by atoms with Gasteiger partial charge < -0.3 is 19.1 Å². The van der Waals surface area contributed by atoms with Crippen LogP contribution in [-0.2, 0) is 4.74 Å². The van der Waals surface area contributed by atoms with Gasteiger partial charge in [0.05, 0.1) is 6.61 Å². The lowest BCUT2D eigenvalue weighted by molar-refractivity contribution is 0.0835. The molecule has 6 nitrogen and oxygen atoms in total. The zero-order valence-corrected chi connectivity index (χ0v) is 11.7. The molecule has 2 heterocycles. The van der Waals surface area contributed by atoms with Crippen LogP contribution >= 0.6 is 0 Å². The van der Waals surface area contributed by atoms with Crippen LogP contribution in [0.3, 0.4) is 0 Å². The van der Waals surface area contributed by atoms with E-state index in [1.807, 2.05) is 24.3 Å². The number of benzene rings is 1. The highest BCUT2D eigenvalue weighted by Gasteiger charge is 2.24. The summed E-state index contributed by atoms with van der Waals surface area (Å²) in [6.07, 6.45) is 2.52. The highest BCUT2D eigenvalue weighted by atomic mass is 16.5. The average Bonchev–Trinajstić information content (AvgIpc) is 3.19. The van der Waals surface area contributed by atoms with E-state index < -0.39 is 0 Å². The molecule has 6 heteroatoms. The van der Waals surface area contributed by atoms with Crippen LogP contribution in [0.25, 0.3) is 11.4 Å². The molecule has 21 heavy (non-hydrogen) atoms. The van der Waals surface area contributed by atoms with Gasteiger partial charge >= 0.3 is 0 Å². The minimum absolute atomic E-state index is 0.0626. The molecular formula is C15H18N2O4. The Morgan fingerprint density at radius 3 is 2.86 bits per heavy atom. The predicted octanol–water partition coefficient (Wildman–Crippen LogP) is 2.35. The van der Waals surface area contributed by atoms with Crippen molar-refractivity contribution in [2.24, 2.45) is 0 Å². The molecule has 1 unspecified atom stereocenters. The van der Waals surface area contributed by atoms with E-state index in [0.29, 0.717) is 24.7 Å². The van der Waals surface area contributed by atoms with E-state index in [1.165, 1.54) is 0 Å². The molecule has 1 aliphatic rings. The Bertz CT molecular complexity index is 561. The molecule has 1 aromatic carbocycles. The summed E-state index contributed by atoms with van der Waals surface area (Å²) in [5.41, 5.74) is 0.873. The first-order valence-electron chi connectivity index (χ1n) is 7.16. The maximum Gasteiger partial charge on any atom is 0.256 e. The zero-order chi connectivity index (χ0) is 14.5. The molecule has 0 spiro atoms.